The zero-order chi connectivity index (χ0) is 19.2. The maximum atomic E-state index is 12.0. The van der Waals surface area contributed by atoms with E-state index in [9.17, 15) is 4.79 Å². The van der Waals surface area contributed by atoms with Crippen LogP contribution >= 0.6 is 0 Å². The van der Waals surface area contributed by atoms with Crippen molar-refractivity contribution in [1.82, 2.24) is 4.90 Å². The van der Waals surface area contributed by atoms with E-state index in [2.05, 4.69) is 16.4 Å². The van der Waals surface area contributed by atoms with Crippen molar-refractivity contribution in [1.29, 1.82) is 0 Å². The quantitative estimate of drug-likeness (QED) is 0.628. The molecule has 1 rings (SSSR count). The molecule has 0 fully saturated rings. The number of aryl methyl sites for hydroxylation is 2. The zero-order valence-corrected chi connectivity index (χ0v) is 16.5. The van der Waals surface area contributed by atoms with Gasteiger partial charge in [0.25, 0.3) is 0 Å². The van der Waals surface area contributed by atoms with Gasteiger partial charge in [-0.15, -0.1) is 0 Å². The van der Waals surface area contributed by atoms with Gasteiger partial charge in [-0.05, 0) is 71.2 Å². The molecule has 1 amide bonds. The Hall–Kier alpha value is -2.24. The first-order chi connectivity index (χ1) is 11.5. The number of aliphatic imine (C=N–C) groups is 1. The summed E-state index contributed by atoms with van der Waals surface area (Å²) in [5.74, 6) is 0.372. The van der Waals surface area contributed by atoms with Gasteiger partial charge in [-0.2, -0.15) is 0 Å². The van der Waals surface area contributed by atoms with Gasteiger partial charge in [0.05, 0.1) is 0 Å². The van der Waals surface area contributed by atoms with E-state index in [0.717, 1.165) is 5.69 Å². The molecule has 6 nitrogen and oxygen atoms in total. The molecule has 1 atom stereocenters. The number of benzene rings is 1. The van der Waals surface area contributed by atoms with Crippen molar-refractivity contribution in [2.24, 2.45) is 10.7 Å². The molecule has 0 saturated carbocycles. The van der Waals surface area contributed by atoms with Gasteiger partial charge in [0, 0.05) is 25.3 Å². The lowest BCUT2D eigenvalue weighted by molar-refractivity contribution is 0.0231. The van der Waals surface area contributed by atoms with Crippen molar-refractivity contribution in [3.05, 3.63) is 29.3 Å². The first-order valence-corrected chi connectivity index (χ1v) is 8.59. The molecule has 0 aliphatic heterocycles. The van der Waals surface area contributed by atoms with Gasteiger partial charge < -0.3 is 20.7 Å². The maximum Gasteiger partial charge on any atom is 0.410 e. The second-order valence-corrected chi connectivity index (χ2v) is 7.50. The van der Waals surface area contributed by atoms with Crippen molar-refractivity contribution >= 4 is 17.7 Å². The number of guanidine groups is 1. The van der Waals surface area contributed by atoms with Crippen LogP contribution < -0.4 is 11.1 Å². The Kier molecular flexibility index (Phi) is 7.27. The number of hydrogen-bond donors (Lipinski definition) is 2. The SMILES string of the molecule is Cc1cc(C)cc(NC(N)=NCCC(C)N(C)C(=O)OC(C)(C)C)c1. The van der Waals surface area contributed by atoms with Crippen LogP contribution in [0.15, 0.2) is 23.2 Å². The normalized spacial score (nSPS) is 13.3. The Bertz CT molecular complexity index is 600. The van der Waals surface area contributed by atoms with E-state index in [0.29, 0.717) is 18.9 Å². The molecular formula is C19H32N4O2. The Morgan fingerprint density at radius 2 is 1.84 bits per heavy atom. The van der Waals surface area contributed by atoms with Crippen molar-refractivity contribution in [3.8, 4) is 0 Å². The van der Waals surface area contributed by atoms with Crippen LogP contribution in [0.1, 0.15) is 45.2 Å². The van der Waals surface area contributed by atoms with E-state index in [1.165, 1.54) is 11.1 Å². The highest BCUT2D eigenvalue weighted by molar-refractivity contribution is 5.92. The molecule has 0 aromatic heterocycles. The summed E-state index contributed by atoms with van der Waals surface area (Å²) in [6.07, 6.45) is 0.371. The fourth-order valence-corrected chi connectivity index (χ4v) is 2.31. The number of amides is 1. The molecular weight excluding hydrogens is 316 g/mol. The molecule has 0 radical (unpaired) electrons. The summed E-state index contributed by atoms with van der Waals surface area (Å²) in [5, 5.41) is 3.10. The van der Waals surface area contributed by atoms with Crippen LogP contribution in [0.2, 0.25) is 0 Å². The molecule has 0 saturated heterocycles. The minimum Gasteiger partial charge on any atom is -0.444 e. The highest BCUT2D eigenvalue weighted by Gasteiger charge is 2.22. The highest BCUT2D eigenvalue weighted by Crippen LogP contribution is 2.14. The minimum atomic E-state index is -0.497. The Morgan fingerprint density at radius 3 is 2.36 bits per heavy atom. The standard InChI is InChI=1S/C19H32N4O2/c1-13-10-14(2)12-16(11-13)22-17(20)21-9-8-15(3)23(7)18(24)25-19(4,5)6/h10-12,15H,8-9H2,1-7H3,(H3,20,21,22). The molecule has 0 aliphatic carbocycles. The first kappa shape index (κ1) is 20.8. The topological polar surface area (TPSA) is 80.0 Å². The molecule has 0 aliphatic rings. The van der Waals surface area contributed by atoms with Gasteiger partial charge >= 0.3 is 6.09 Å². The minimum absolute atomic E-state index is 0.00705. The van der Waals surface area contributed by atoms with Crippen molar-refractivity contribution in [3.63, 3.8) is 0 Å². The summed E-state index contributed by atoms with van der Waals surface area (Å²) in [6.45, 7) is 12.1. The Balaban J connectivity index is 2.51. The van der Waals surface area contributed by atoms with Crippen LogP contribution in [0.4, 0.5) is 10.5 Å². The number of carbonyl (C=O) groups is 1. The van der Waals surface area contributed by atoms with Gasteiger partial charge in [0.2, 0.25) is 0 Å². The number of nitrogens with one attached hydrogen (secondary N) is 1. The molecule has 140 valence electrons. The van der Waals surface area contributed by atoms with Gasteiger partial charge in [0.1, 0.15) is 5.60 Å². The van der Waals surface area contributed by atoms with Crippen LogP contribution in [0.25, 0.3) is 0 Å². The average molecular weight is 348 g/mol. The van der Waals surface area contributed by atoms with Crippen molar-refractivity contribution < 1.29 is 9.53 Å². The van der Waals surface area contributed by atoms with E-state index < -0.39 is 5.60 Å². The molecule has 3 N–H and O–H groups in total. The monoisotopic (exact) mass is 348 g/mol. The molecule has 0 spiro atoms. The Morgan fingerprint density at radius 1 is 1.28 bits per heavy atom. The van der Waals surface area contributed by atoms with Gasteiger partial charge in [-0.1, -0.05) is 6.07 Å². The molecule has 1 aromatic carbocycles. The lowest BCUT2D eigenvalue weighted by Gasteiger charge is -2.28. The average Bonchev–Trinajstić information content (AvgIpc) is 2.43. The van der Waals surface area contributed by atoms with Gasteiger partial charge in [-0.25, -0.2) is 4.79 Å². The molecule has 1 aromatic rings. The van der Waals surface area contributed by atoms with Crippen LogP contribution in [0.5, 0.6) is 0 Å². The van der Waals surface area contributed by atoms with E-state index in [4.69, 9.17) is 10.5 Å². The lowest BCUT2D eigenvalue weighted by atomic mass is 10.1. The van der Waals surface area contributed by atoms with Crippen LogP contribution in [0.3, 0.4) is 0 Å². The number of ether oxygens (including phenoxy) is 1. The number of hydrogen-bond acceptors (Lipinski definition) is 3. The van der Waals surface area contributed by atoms with E-state index in [1.54, 1.807) is 11.9 Å². The number of nitrogens with two attached hydrogens (primary N) is 1. The highest BCUT2D eigenvalue weighted by atomic mass is 16.6. The summed E-state index contributed by atoms with van der Waals surface area (Å²) >= 11 is 0. The van der Waals surface area contributed by atoms with E-state index in [1.807, 2.05) is 53.7 Å². The molecule has 0 bridgehead atoms. The maximum absolute atomic E-state index is 12.0. The molecule has 1 unspecified atom stereocenters. The third kappa shape index (κ3) is 7.92. The van der Waals surface area contributed by atoms with E-state index >= 15 is 0 Å². The number of nitrogens with zero attached hydrogens (tertiary/aromatic N) is 2. The van der Waals surface area contributed by atoms with Crippen LogP contribution in [-0.2, 0) is 4.74 Å². The molecule has 0 heterocycles. The second-order valence-electron chi connectivity index (χ2n) is 7.50. The Labute approximate surface area is 151 Å². The molecule has 25 heavy (non-hydrogen) atoms. The predicted octanol–water partition coefficient (Wildman–Crippen LogP) is 3.68. The summed E-state index contributed by atoms with van der Waals surface area (Å²) < 4.78 is 5.36. The van der Waals surface area contributed by atoms with Gasteiger partial charge in [-0.3, -0.25) is 4.99 Å². The smallest absolute Gasteiger partial charge is 0.410 e. The van der Waals surface area contributed by atoms with Gasteiger partial charge in [0.15, 0.2) is 5.96 Å². The number of carbonyl (C=O) groups excluding carboxylic acids is 1. The third-order valence-electron chi connectivity index (χ3n) is 3.67. The zero-order valence-electron chi connectivity index (χ0n) is 16.5. The first-order valence-electron chi connectivity index (χ1n) is 8.59. The number of anilines is 1. The largest absolute Gasteiger partial charge is 0.444 e. The number of rotatable bonds is 5. The second kappa shape index (κ2) is 8.74. The lowest BCUT2D eigenvalue weighted by Crippen LogP contribution is -2.39. The fourth-order valence-electron chi connectivity index (χ4n) is 2.31. The molecule has 6 heteroatoms. The predicted molar refractivity (Wildman–Crippen MR) is 104 cm³/mol. The third-order valence-corrected chi connectivity index (χ3v) is 3.67. The fraction of sp³-hybridized carbons (Fsp3) is 0.579. The summed E-state index contributed by atoms with van der Waals surface area (Å²) in [7, 11) is 1.74. The summed E-state index contributed by atoms with van der Waals surface area (Å²) in [5.41, 5.74) is 8.72. The van der Waals surface area contributed by atoms with Crippen molar-refractivity contribution in [2.45, 2.75) is 59.6 Å². The van der Waals surface area contributed by atoms with Crippen LogP contribution in [0, 0.1) is 13.8 Å². The van der Waals surface area contributed by atoms with Crippen LogP contribution in [-0.4, -0.2) is 42.2 Å². The summed E-state index contributed by atoms with van der Waals surface area (Å²) in [4.78, 5) is 18.0. The van der Waals surface area contributed by atoms with E-state index in [-0.39, 0.29) is 12.1 Å². The van der Waals surface area contributed by atoms with Crippen molar-refractivity contribution in [2.75, 3.05) is 18.9 Å². The summed E-state index contributed by atoms with van der Waals surface area (Å²) in [6, 6.07) is 6.16.